The van der Waals surface area contributed by atoms with Gasteiger partial charge in [0.15, 0.2) is 0 Å². The van der Waals surface area contributed by atoms with Crippen LogP contribution in [0.2, 0.25) is 0 Å². The Morgan fingerprint density at radius 1 is 1.25 bits per heavy atom. The smallest absolute Gasteiger partial charge is 0.389 e. The molecular weight excluding hydrogens is 269 g/mol. The largest absolute Gasteiger partial charge is 0.399 e. The van der Waals surface area contributed by atoms with E-state index < -0.39 is 18.0 Å². The summed E-state index contributed by atoms with van der Waals surface area (Å²) in [6, 6.07) is 7.06. The predicted octanol–water partition coefficient (Wildman–Crippen LogP) is 2.76. The van der Waals surface area contributed by atoms with Crippen LogP contribution in [0.4, 0.5) is 18.9 Å². The molecule has 1 aliphatic carbocycles. The van der Waals surface area contributed by atoms with Crippen LogP contribution in [0.3, 0.4) is 0 Å². The molecule has 1 saturated carbocycles. The van der Waals surface area contributed by atoms with E-state index in [2.05, 4.69) is 5.32 Å². The van der Waals surface area contributed by atoms with Crippen molar-refractivity contribution in [3.05, 3.63) is 29.8 Å². The lowest BCUT2D eigenvalue weighted by Crippen LogP contribution is -2.35. The van der Waals surface area contributed by atoms with Crippen LogP contribution in [0.25, 0.3) is 0 Å². The molecule has 0 aromatic heterocycles. The first kappa shape index (κ1) is 14.7. The summed E-state index contributed by atoms with van der Waals surface area (Å²) in [6.07, 6.45) is -3.68. The van der Waals surface area contributed by atoms with Crippen molar-refractivity contribution in [2.24, 2.45) is 0 Å². The molecule has 0 heterocycles. The number of hydrogen-bond acceptors (Lipinski definition) is 2. The monoisotopic (exact) mass is 286 g/mol. The third-order valence-corrected chi connectivity index (χ3v) is 3.57. The summed E-state index contributed by atoms with van der Waals surface area (Å²) in [7, 11) is 0. The topological polar surface area (TPSA) is 55.1 Å². The second kappa shape index (κ2) is 5.34. The highest BCUT2D eigenvalue weighted by molar-refractivity contribution is 5.91. The highest BCUT2D eigenvalue weighted by Gasteiger charge is 2.50. The number of alkyl halides is 3. The number of amides is 1. The Balaban J connectivity index is 1.87. The Morgan fingerprint density at radius 2 is 1.85 bits per heavy atom. The lowest BCUT2D eigenvalue weighted by atomic mass is 9.94. The fraction of sp³-hybridized carbons (Fsp3) is 0.500. The second-order valence-electron chi connectivity index (χ2n) is 5.18. The number of rotatable bonds is 5. The number of nitrogen functional groups attached to an aromatic ring is 1. The number of benzene rings is 1. The average Bonchev–Trinajstić information content (AvgIpc) is 3.15. The molecule has 110 valence electrons. The zero-order valence-electron chi connectivity index (χ0n) is 11.0. The maximum Gasteiger partial charge on any atom is 0.389 e. The summed E-state index contributed by atoms with van der Waals surface area (Å²) in [4.78, 5) is 12.1. The van der Waals surface area contributed by atoms with Crippen LogP contribution in [0, 0.1) is 0 Å². The van der Waals surface area contributed by atoms with E-state index in [1.807, 2.05) is 0 Å². The first-order valence-electron chi connectivity index (χ1n) is 6.55. The van der Waals surface area contributed by atoms with E-state index in [1.54, 1.807) is 24.3 Å². The van der Waals surface area contributed by atoms with Crippen molar-refractivity contribution in [1.82, 2.24) is 5.32 Å². The van der Waals surface area contributed by atoms with Gasteiger partial charge in [0.05, 0.1) is 5.41 Å². The second-order valence-corrected chi connectivity index (χ2v) is 5.18. The molecule has 3 N–H and O–H groups in total. The Morgan fingerprint density at radius 3 is 2.35 bits per heavy atom. The molecule has 20 heavy (non-hydrogen) atoms. The Kier molecular flexibility index (Phi) is 3.92. The van der Waals surface area contributed by atoms with Crippen molar-refractivity contribution in [3.63, 3.8) is 0 Å². The van der Waals surface area contributed by atoms with Crippen LogP contribution in [0.15, 0.2) is 24.3 Å². The molecule has 1 amide bonds. The van der Waals surface area contributed by atoms with Gasteiger partial charge in [0.2, 0.25) is 5.91 Å². The molecule has 1 aliphatic rings. The SMILES string of the molecule is Nc1ccc(C2(C(=O)NCCCC(F)(F)F)CC2)cc1. The molecule has 1 fully saturated rings. The Hall–Kier alpha value is -1.72. The van der Waals surface area contributed by atoms with Crippen molar-refractivity contribution < 1.29 is 18.0 Å². The normalized spacial score (nSPS) is 16.8. The Labute approximate surface area is 115 Å². The third kappa shape index (κ3) is 3.43. The molecule has 0 saturated heterocycles. The minimum atomic E-state index is -4.17. The van der Waals surface area contributed by atoms with Gasteiger partial charge in [-0.2, -0.15) is 13.2 Å². The van der Waals surface area contributed by atoms with E-state index in [0.29, 0.717) is 5.69 Å². The lowest BCUT2D eigenvalue weighted by molar-refractivity contribution is -0.136. The molecule has 0 unspecified atom stereocenters. The summed E-state index contributed by atoms with van der Waals surface area (Å²) in [5.41, 5.74) is 6.53. The van der Waals surface area contributed by atoms with Gasteiger partial charge in [-0.25, -0.2) is 0 Å². The number of hydrogen-bond donors (Lipinski definition) is 2. The van der Waals surface area contributed by atoms with Gasteiger partial charge in [0.25, 0.3) is 0 Å². The number of nitrogens with two attached hydrogens (primary N) is 1. The molecular formula is C14H17F3N2O. The number of nitrogens with one attached hydrogen (secondary N) is 1. The minimum Gasteiger partial charge on any atom is -0.399 e. The van der Waals surface area contributed by atoms with Crippen molar-refractivity contribution in [2.75, 3.05) is 12.3 Å². The molecule has 6 heteroatoms. The van der Waals surface area contributed by atoms with Crippen LogP contribution in [0.1, 0.15) is 31.2 Å². The standard InChI is InChI=1S/C14H17F3N2O/c15-14(16,17)6-1-9-19-12(20)13(7-8-13)10-2-4-11(18)5-3-10/h2-5H,1,6-9,18H2,(H,19,20). The molecule has 0 bridgehead atoms. The molecule has 0 atom stereocenters. The molecule has 3 nitrogen and oxygen atoms in total. The molecule has 0 radical (unpaired) electrons. The molecule has 2 rings (SSSR count). The van der Waals surface area contributed by atoms with Crippen LogP contribution in [-0.2, 0) is 10.2 Å². The van der Waals surface area contributed by atoms with Crippen molar-refractivity contribution in [2.45, 2.75) is 37.3 Å². The summed E-state index contributed by atoms with van der Waals surface area (Å²) in [5, 5.41) is 2.60. The number of carbonyl (C=O) groups excluding carboxylic acids is 1. The van der Waals surface area contributed by atoms with Crippen molar-refractivity contribution in [1.29, 1.82) is 0 Å². The third-order valence-electron chi connectivity index (χ3n) is 3.57. The summed E-state index contributed by atoms with van der Waals surface area (Å²) in [5.74, 6) is -0.190. The number of halogens is 3. The fourth-order valence-corrected chi connectivity index (χ4v) is 2.23. The summed E-state index contributed by atoms with van der Waals surface area (Å²) in [6.45, 7) is 0.0507. The van der Waals surface area contributed by atoms with Crippen LogP contribution < -0.4 is 11.1 Å². The molecule has 0 aliphatic heterocycles. The van der Waals surface area contributed by atoms with Gasteiger partial charge in [-0.3, -0.25) is 4.79 Å². The fourth-order valence-electron chi connectivity index (χ4n) is 2.23. The van der Waals surface area contributed by atoms with Crippen molar-refractivity contribution in [3.8, 4) is 0 Å². The van der Waals surface area contributed by atoms with Gasteiger partial charge in [0, 0.05) is 18.7 Å². The minimum absolute atomic E-state index is 0.0507. The quantitative estimate of drug-likeness (QED) is 0.646. The lowest BCUT2D eigenvalue weighted by Gasteiger charge is -2.16. The van der Waals surface area contributed by atoms with Gasteiger partial charge in [-0.05, 0) is 37.0 Å². The maximum atomic E-state index is 12.1. The number of anilines is 1. The zero-order chi connectivity index (χ0) is 14.8. The Bertz CT molecular complexity index is 478. The van der Waals surface area contributed by atoms with Crippen LogP contribution in [0.5, 0.6) is 0 Å². The van der Waals surface area contributed by atoms with E-state index in [1.165, 1.54) is 0 Å². The highest BCUT2D eigenvalue weighted by Crippen LogP contribution is 2.48. The van der Waals surface area contributed by atoms with Gasteiger partial charge in [-0.1, -0.05) is 12.1 Å². The molecule has 0 spiro atoms. The first-order chi connectivity index (χ1) is 9.33. The van der Waals surface area contributed by atoms with E-state index in [4.69, 9.17) is 5.73 Å². The average molecular weight is 286 g/mol. The van der Waals surface area contributed by atoms with E-state index in [0.717, 1.165) is 18.4 Å². The van der Waals surface area contributed by atoms with E-state index in [9.17, 15) is 18.0 Å². The summed E-state index contributed by atoms with van der Waals surface area (Å²) >= 11 is 0. The van der Waals surface area contributed by atoms with E-state index in [-0.39, 0.29) is 18.9 Å². The molecule has 1 aromatic carbocycles. The van der Waals surface area contributed by atoms with E-state index >= 15 is 0 Å². The van der Waals surface area contributed by atoms with Gasteiger partial charge < -0.3 is 11.1 Å². The summed E-state index contributed by atoms with van der Waals surface area (Å²) < 4.78 is 36.0. The first-order valence-corrected chi connectivity index (χ1v) is 6.55. The maximum absolute atomic E-state index is 12.1. The highest BCUT2D eigenvalue weighted by atomic mass is 19.4. The van der Waals surface area contributed by atoms with Crippen LogP contribution >= 0.6 is 0 Å². The number of carbonyl (C=O) groups is 1. The van der Waals surface area contributed by atoms with Gasteiger partial charge in [0.1, 0.15) is 0 Å². The van der Waals surface area contributed by atoms with Gasteiger partial charge >= 0.3 is 6.18 Å². The van der Waals surface area contributed by atoms with Crippen LogP contribution in [-0.4, -0.2) is 18.6 Å². The molecule has 1 aromatic rings. The van der Waals surface area contributed by atoms with Gasteiger partial charge in [-0.15, -0.1) is 0 Å². The zero-order valence-corrected chi connectivity index (χ0v) is 11.0. The predicted molar refractivity (Wildman–Crippen MR) is 70.1 cm³/mol. The van der Waals surface area contributed by atoms with Crippen molar-refractivity contribution >= 4 is 11.6 Å².